The van der Waals surface area contributed by atoms with Crippen molar-refractivity contribution in [2.24, 2.45) is 0 Å². The van der Waals surface area contributed by atoms with Crippen molar-refractivity contribution in [3.8, 4) is 0 Å². The Kier molecular flexibility index (Phi) is 4.15. The normalized spacial score (nSPS) is 12.6. The minimum Gasteiger partial charge on any atom is -0.468 e. The number of benzene rings is 1. The molecule has 0 bridgehead atoms. The van der Waals surface area contributed by atoms with E-state index >= 15 is 0 Å². The van der Waals surface area contributed by atoms with Crippen molar-refractivity contribution in [2.75, 3.05) is 0 Å². The Bertz CT molecular complexity index is 489. The van der Waals surface area contributed by atoms with Crippen LogP contribution in [0.25, 0.3) is 0 Å². The van der Waals surface area contributed by atoms with Gasteiger partial charge in [0.15, 0.2) is 0 Å². The summed E-state index contributed by atoms with van der Waals surface area (Å²) in [5, 5.41) is 3.40. The van der Waals surface area contributed by atoms with Gasteiger partial charge >= 0.3 is 0 Å². The van der Waals surface area contributed by atoms with Crippen LogP contribution >= 0.6 is 0 Å². The van der Waals surface area contributed by atoms with Crippen LogP contribution in [-0.2, 0) is 13.0 Å². The molecule has 0 aliphatic heterocycles. The van der Waals surface area contributed by atoms with Gasteiger partial charge in [-0.3, -0.25) is 0 Å². The second kappa shape index (κ2) is 5.83. The van der Waals surface area contributed by atoms with E-state index in [1.165, 1.54) is 12.1 Å². The molecule has 0 aliphatic carbocycles. The number of halogens is 1. The van der Waals surface area contributed by atoms with Gasteiger partial charge in [-0.25, -0.2) is 4.39 Å². The maximum atomic E-state index is 12.8. The molecule has 0 fully saturated rings. The summed E-state index contributed by atoms with van der Waals surface area (Å²) in [6.07, 6.45) is 2.58. The van der Waals surface area contributed by atoms with E-state index in [0.717, 1.165) is 29.9 Å². The zero-order valence-corrected chi connectivity index (χ0v) is 10.7. The highest BCUT2D eigenvalue weighted by Gasteiger charge is 2.06. The lowest BCUT2D eigenvalue weighted by atomic mass is 10.1. The molecule has 3 heteroatoms. The van der Waals surface area contributed by atoms with Gasteiger partial charge in [-0.05, 0) is 49.6 Å². The molecule has 1 atom stereocenters. The fraction of sp³-hybridized carbons (Fsp3) is 0.333. The van der Waals surface area contributed by atoms with Crippen molar-refractivity contribution in [1.82, 2.24) is 5.32 Å². The van der Waals surface area contributed by atoms with Gasteiger partial charge in [-0.15, -0.1) is 0 Å². The third-order valence-corrected chi connectivity index (χ3v) is 3.03. The second-order valence-corrected chi connectivity index (χ2v) is 4.64. The minimum absolute atomic E-state index is 0.189. The van der Waals surface area contributed by atoms with Gasteiger partial charge in [0, 0.05) is 6.04 Å². The lowest BCUT2D eigenvalue weighted by molar-refractivity contribution is 0.451. The predicted molar refractivity (Wildman–Crippen MR) is 69.9 cm³/mol. The van der Waals surface area contributed by atoms with E-state index in [4.69, 9.17) is 4.42 Å². The molecular formula is C15H18FNO. The van der Waals surface area contributed by atoms with Crippen LogP contribution in [0.15, 0.2) is 41.0 Å². The van der Waals surface area contributed by atoms with Crippen molar-refractivity contribution in [3.05, 3.63) is 59.3 Å². The van der Waals surface area contributed by atoms with Gasteiger partial charge in [0.05, 0.1) is 12.8 Å². The first-order valence-electron chi connectivity index (χ1n) is 6.16. The van der Waals surface area contributed by atoms with Crippen LogP contribution in [0.1, 0.15) is 23.8 Å². The second-order valence-electron chi connectivity index (χ2n) is 4.64. The number of aryl methyl sites for hydroxylation is 1. The number of hydrogen-bond acceptors (Lipinski definition) is 2. The highest BCUT2D eigenvalue weighted by Crippen LogP contribution is 2.10. The monoisotopic (exact) mass is 247 g/mol. The average molecular weight is 247 g/mol. The number of furan rings is 1. The van der Waals surface area contributed by atoms with Gasteiger partial charge in [0.25, 0.3) is 0 Å². The molecule has 1 unspecified atom stereocenters. The largest absolute Gasteiger partial charge is 0.468 e. The van der Waals surface area contributed by atoms with Gasteiger partial charge in [-0.1, -0.05) is 12.1 Å². The first-order valence-corrected chi connectivity index (χ1v) is 6.16. The predicted octanol–water partition coefficient (Wildman–Crippen LogP) is 3.45. The first kappa shape index (κ1) is 12.8. The van der Waals surface area contributed by atoms with E-state index in [-0.39, 0.29) is 5.82 Å². The van der Waals surface area contributed by atoms with Crippen LogP contribution in [0.3, 0.4) is 0 Å². The maximum absolute atomic E-state index is 12.8. The van der Waals surface area contributed by atoms with E-state index < -0.39 is 0 Å². The fourth-order valence-electron chi connectivity index (χ4n) is 1.90. The highest BCUT2D eigenvalue weighted by atomic mass is 19.1. The fourth-order valence-corrected chi connectivity index (χ4v) is 1.90. The zero-order chi connectivity index (χ0) is 13.0. The number of nitrogens with one attached hydrogen (secondary N) is 1. The smallest absolute Gasteiger partial charge is 0.123 e. The summed E-state index contributed by atoms with van der Waals surface area (Å²) >= 11 is 0. The summed E-state index contributed by atoms with van der Waals surface area (Å²) in [4.78, 5) is 0. The Labute approximate surface area is 107 Å². The van der Waals surface area contributed by atoms with Gasteiger partial charge in [-0.2, -0.15) is 0 Å². The van der Waals surface area contributed by atoms with Crippen LogP contribution in [0.5, 0.6) is 0 Å². The SMILES string of the molecule is Cc1ccoc1CNC(C)Cc1ccc(F)cc1. The number of rotatable bonds is 5. The Morgan fingerprint density at radius 2 is 1.94 bits per heavy atom. The standard InChI is InChI=1S/C15H18FNO/c1-11-7-8-18-15(11)10-17-12(2)9-13-3-5-14(16)6-4-13/h3-8,12,17H,9-10H2,1-2H3. The molecule has 2 nitrogen and oxygen atoms in total. The molecule has 1 N–H and O–H groups in total. The Balaban J connectivity index is 1.83. The molecule has 0 amide bonds. The van der Waals surface area contributed by atoms with E-state index in [9.17, 15) is 4.39 Å². The van der Waals surface area contributed by atoms with E-state index in [1.54, 1.807) is 6.26 Å². The summed E-state index contributed by atoms with van der Waals surface area (Å²) in [7, 11) is 0. The summed E-state index contributed by atoms with van der Waals surface area (Å²) in [5.74, 6) is 0.784. The molecule has 1 aromatic heterocycles. The summed E-state index contributed by atoms with van der Waals surface area (Å²) in [5.41, 5.74) is 2.30. The molecule has 0 aliphatic rings. The van der Waals surface area contributed by atoms with Crippen molar-refractivity contribution in [2.45, 2.75) is 32.9 Å². The molecule has 1 heterocycles. The van der Waals surface area contributed by atoms with E-state index in [2.05, 4.69) is 12.2 Å². The van der Waals surface area contributed by atoms with E-state index in [1.807, 2.05) is 25.1 Å². The van der Waals surface area contributed by atoms with Crippen molar-refractivity contribution in [1.29, 1.82) is 0 Å². The molecule has 0 saturated carbocycles. The van der Waals surface area contributed by atoms with Crippen molar-refractivity contribution in [3.63, 3.8) is 0 Å². The van der Waals surface area contributed by atoms with E-state index in [0.29, 0.717) is 6.04 Å². The third kappa shape index (κ3) is 3.44. The summed E-state index contributed by atoms with van der Waals surface area (Å²) < 4.78 is 18.1. The Morgan fingerprint density at radius 3 is 2.56 bits per heavy atom. The summed E-state index contributed by atoms with van der Waals surface area (Å²) in [6, 6.07) is 8.93. The Morgan fingerprint density at radius 1 is 1.22 bits per heavy atom. The molecule has 1 aromatic carbocycles. The average Bonchev–Trinajstić information content (AvgIpc) is 2.75. The molecule has 18 heavy (non-hydrogen) atoms. The lowest BCUT2D eigenvalue weighted by Gasteiger charge is -2.13. The topological polar surface area (TPSA) is 25.2 Å². The maximum Gasteiger partial charge on any atom is 0.123 e. The van der Waals surface area contributed by atoms with Crippen molar-refractivity contribution < 1.29 is 8.81 Å². The molecule has 0 radical (unpaired) electrons. The van der Waals surface area contributed by atoms with Crippen LogP contribution in [0.4, 0.5) is 4.39 Å². The minimum atomic E-state index is -0.189. The summed E-state index contributed by atoms with van der Waals surface area (Å²) in [6.45, 7) is 4.87. The quantitative estimate of drug-likeness (QED) is 0.875. The molecule has 2 rings (SSSR count). The van der Waals surface area contributed by atoms with Gasteiger partial charge in [0.2, 0.25) is 0 Å². The molecule has 96 valence electrons. The molecule has 2 aromatic rings. The van der Waals surface area contributed by atoms with Crippen LogP contribution in [-0.4, -0.2) is 6.04 Å². The molecule has 0 spiro atoms. The third-order valence-electron chi connectivity index (χ3n) is 3.03. The van der Waals surface area contributed by atoms with Crippen LogP contribution < -0.4 is 5.32 Å². The van der Waals surface area contributed by atoms with Crippen LogP contribution in [0.2, 0.25) is 0 Å². The number of hydrogen-bond donors (Lipinski definition) is 1. The van der Waals surface area contributed by atoms with Crippen molar-refractivity contribution >= 4 is 0 Å². The first-order chi connectivity index (χ1) is 8.65. The lowest BCUT2D eigenvalue weighted by Crippen LogP contribution is -2.27. The van der Waals surface area contributed by atoms with Crippen LogP contribution in [0, 0.1) is 12.7 Å². The molecular weight excluding hydrogens is 229 g/mol. The highest BCUT2D eigenvalue weighted by molar-refractivity contribution is 5.17. The van der Waals surface area contributed by atoms with Gasteiger partial charge < -0.3 is 9.73 Å². The molecule has 0 saturated heterocycles. The van der Waals surface area contributed by atoms with Gasteiger partial charge in [0.1, 0.15) is 11.6 Å². The Hall–Kier alpha value is -1.61. The zero-order valence-electron chi connectivity index (χ0n) is 10.7.